The Morgan fingerprint density at radius 1 is 1.18 bits per heavy atom. The molecule has 0 atom stereocenters. The van der Waals surface area contributed by atoms with Crippen LogP contribution >= 0.6 is 0 Å². The van der Waals surface area contributed by atoms with Gasteiger partial charge >= 0.3 is 0 Å². The maximum Gasteiger partial charge on any atom is 0.237 e. The van der Waals surface area contributed by atoms with E-state index in [0.29, 0.717) is 5.69 Å². The number of ether oxygens (including phenoxy) is 1. The number of hydrogen-bond donors (Lipinski definition) is 1. The molecule has 0 aliphatic heterocycles. The molecule has 0 unspecified atom stereocenters. The van der Waals surface area contributed by atoms with E-state index in [-0.39, 0.29) is 17.1 Å². The normalized spacial score (nSPS) is 10.3. The third-order valence-electron chi connectivity index (χ3n) is 2.29. The van der Waals surface area contributed by atoms with Crippen molar-refractivity contribution in [3.05, 3.63) is 42.0 Å². The van der Waals surface area contributed by atoms with Gasteiger partial charge in [-0.05, 0) is 30.3 Å². The molecule has 1 heterocycles. The van der Waals surface area contributed by atoms with Crippen LogP contribution in [0.4, 0.5) is 14.5 Å². The maximum absolute atomic E-state index is 13.5. The lowest BCUT2D eigenvalue weighted by atomic mass is 10.1. The largest absolute Gasteiger partial charge is 0.480 e. The second-order valence-corrected chi connectivity index (χ2v) is 3.42. The fraction of sp³-hybridized carbons (Fsp3) is 0.0833. The van der Waals surface area contributed by atoms with E-state index in [4.69, 9.17) is 10.5 Å². The molecule has 0 radical (unpaired) electrons. The van der Waals surface area contributed by atoms with Crippen molar-refractivity contribution in [3.8, 4) is 17.1 Å². The van der Waals surface area contributed by atoms with Crippen molar-refractivity contribution in [1.82, 2.24) is 4.98 Å². The van der Waals surface area contributed by atoms with Crippen LogP contribution in [0.15, 0.2) is 30.3 Å². The van der Waals surface area contributed by atoms with Crippen LogP contribution in [0.5, 0.6) is 5.88 Å². The van der Waals surface area contributed by atoms with Gasteiger partial charge in [-0.15, -0.1) is 0 Å². The number of nitrogen functional groups attached to an aromatic ring is 1. The molecule has 0 spiro atoms. The van der Waals surface area contributed by atoms with Crippen LogP contribution in [0, 0.1) is 11.6 Å². The van der Waals surface area contributed by atoms with Crippen molar-refractivity contribution >= 4 is 5.69 Å². The lowest BCUT2D eigenvalue weighted by molar-refractivity contribution is 0.401. The number of hydrogen-bond acceptors (Lipinski definition) is 3. The molecule has 5 heteroatoms. The average Bonchev–Trinajstić information content (AvgIpc) is 2.33. The molecule has 0 bridgehead atoms. The molecule has 0 saturated carbocycles. The highest BCUT2D eigenvalue weighted by atomic mass is 19.1. The molecule has 0 aliphatic rings. The first-order chi connectivity index (χ1) is 8.11. The Kier molecular flexibility index (Phi) is 2.91. The number of aromatic nitrogens is 1. The zero-order chi connectivity index (χ0) is 12.4. The standard InChI is InChI=1S/C12H10F2N2O/c1-17-12-10(15)4-5-11(16-12)8-6-7(13)2-3-9(8)14/h2-6H,15H2,1H3. The fourth-order valence-electron chi connectivity index (χ4n) is 1.46. The highest BCUT2D eigenvalue weighted by Crippen LogP contribution is 2.26. The first-order valence-electron chi connectivity index (χ1n) is 4.87. The third kappa shape index (κ3) is 2.18. The minimum absolute atomic E-state index is 0.0725. The molecule has 0 amide bonds. The van der Waals surface area contributed by atoms with E-state index in [1.165, 1.54) is 19.2 Å². The summed E-state index contributed by atoms with van der Waals surface area (Å²) in [6, 6.07) is 6.22. The Morgan fingerprint density at radius 2 is 1.94 bits per heavy atom. The molecule has 2 N–H and O–H groups in total. The van der Waals surface area contributed by atoms with Gasteiger partial charge in [-0.3, -0.25) is 0 Å². The quantitative estimate of drug-likeness (QED) is 0.871. The average molecular weight is 236 g/mol. The van der Waals surface area contributed by atoms with E-state index in [2.05, 4.69) is 4.98 Å². The molecule has 0 aliphatic carbocycles. The van der Waals surface area contributed by atoms with Gasteiger partial charge < -0.3 is 10.5 Å². The summed E-state index contributed by atoms with van der Waals surface area (Å²) in [5, 5.41) is 0. The number of nitrogens with two attached hydrogens (primary N) is 1. The summed E-state index contributed by atoms with van der Waals surface area (Å²) in [7, 11) is 1.41. The molecular weight excluding hydrogens is 226 g/mol. The summed E-state index contributed by atoms with van der Waals surface area (Å²) in [5.41, 5.74) is 6.28. The summed E-state index contributed by atoms with van der Waals surface area (Å²) < 4.78 is 31.5. The lowest BCUT2D eigenvalue weighted by Crippen LogP contribution is -1.97. The zero-order valence-corrected chi connectivity index (χ0v) is 9.08. The molecule has 0 saturated heterocycles. The number of halogens is 2. The molecule has 2 rings (SSSR count). The van der Waals surface area contributed by atoms with Crippen LogP contribution in [-0.4, -0.2) is 12.1 Å². The van der Waals surface area contributed by atoms with Crippen molar-refractivity contribution < 1.29 is 13.5 Å². The number of benzene rings is 1. The topological polar surface area (TPSA) is 48.1 Å². The van der Waals surface area contributed by atoms with E-state index < -0.39 is 11.6 Å². The minimum atomic E-state index is -0.550. The molecule has 2 aromatic rings. The number of nitrogens with zero attached hydrogens (tertiary/aromatic N) is 1. The molecule has 17 heavy (non-hydrogen) atoms. The molecule has 1 aromatic carbocycles. The van der Waals surface area contributed by atoms with Crippen LogP contribution in [0.3, 0.4) is 0 Å². The summed E-state index contributed by atoms with van der Waals surface area (Å²) in [6.07, 6.45) is 0. The molecule has 3 nitrogen and oxygen atoms in total. The summed E-state index contributed by atoms with van der Waals surface area (Å²) >= 11 is 0. The SMILES string of the molecule is COc1nc(-c2cc(F)ccc2F)ccc1N. The van der Waals surface area contributed by atoms with Crippen molar-refractivity contribution in [2.24, 2.45) is 0 Å². The Bertz CT molecular complexity index is 558. The third-order valence-corrected chi connectivity index (χ3v) is 2.29. The Hall–Kier alpha value is -2.17. The highest BCUT2D eigenvalue weighted by Gasteiger charge is 2.10. The van der Waals surface area contributed by atoms with Gasteiger partial charge in [0.1, 0.15) is 11.6 Å². The molecule has 1 aromatic heterocycles. The monoisotopic (exact) mass is 236 g/mol. The van der Waals surface area contributed by atoms with Crippen LogP contribution in [0.25, 0.3) is 11.3 Å². The molecule has 88 valence electrons. The first kappa shape index (κ1) is 11.3. The molecular formula is C12H10F2N2O. The predicted octanol–water partition coefficient (Wildman–Crippen LogP) is 2.62. The van der Waals surface area contributed by atoms with E-state index in [0.717, 1.165) is 18.2 Å². The second kappa shape index (κ2) is 4.37. The van der Waals surface area contributed by atoms with Gasteiger partial charge in [-0.2, -0.15) is 0 Å². The number of pyridine rings is 1. The Labute approximate surface area is 96.9 Å². The van der Waals surface area contributed by atoms with Gasteiger partial charge in [-0.1, -0.05) is 0 Å². The van der Waals surface area contributed by atoms with Crippen LogP contribution < -0.4 is 10.5 Å². The van der Waals surface area contributed by atoms with Gasteiger partial charge in [0.05, 0.1) is 18.5 Å². The van der Waals surface area contributed by atoms with E-state index >= 15 is 0 Å². The number of rotatable bonds is 2. The number of methoxy groups -OCH3 is 1. The second-order valence-electron chi connectivity index (χ2n) is 3.42. The van der Waals surface area contributed by atoms with Crippen molar-refractivity contribution in [2.45, 2.75) is 0 Å². The van der Waals surface area contributed by atoms with Crippen LogP contribution in [0.1, 0.15) is 0 Å². The van der Waals surface area contributed by atoms with Gasteiger partial charge in [0.25, 0.3) is 0 Å². The van der Waals surface area contributed by atoms with E-state index in [9.17, 15) is 8.78 Å². The Morgan fingerprint density at radius 3 is 2.65 bits per heavy atom. The Balaban J connectivity index is 2.56. The minimum Gasteiger partial charge on any atom is -0.480 e. The number of anilines is 1. The molecule has 0 fully saturated rings. The van der Waals surface area contributed by atoms with Gasteiger partial charge in [0.2, 0.25) is 5.88 Å². The van der Waals surface area contributed by atoms with Crippen molar-refractivity contribution in [1.29, 1.82) is 0 Å². The van der Waals surface area contributed by atoms with Gasteiger partial charge in [0.15, 0.2) is 0 Å². The maximum atomic E-state index is 13.5. The van der Waals surface area contributed by atoms with E-state index in [1.807, 2.05) is 0 Å². The van der Waals surface area contributed by atoms with Crippen molar-refractivity contribution in [3.63, 3.8) is 0 Å². The predicted molar refractivity (Wildman–Crippen MR) is 60.6 cm³/mol. The summed E-state index contributed by atoms with van der Waals surface area (Å²) in [4.78, 5) is 4.01. The summed E-state index contributed by atoms with van der Waals surface area (Å²) in [5.74, 6) is -0.893. The van der Waals surface area contributed by atoms with Gasteiger partial charge in [-0.25, -0.2) is 13.8 Å². The van der Waals surface area contributed by atoms with Crippen LogP contribution in [0.2, 0.25) is 0 Å². The summed E-state index contributed by atoms with van der Waals surface area (Å²) in [6.45, 7) is 0. The first-order valence-corrected chi connectivity index (χ1v) is 4.87. The zero-order valence-electron chi connectivity index (χ0n) is 9.08. The van der Waals surface area contributed by atoms with Crippen molar-refractivity contribution in [2.75, 3.05) is 12.8 Å². The van der Waals surface area contributed by atoms with Gasteiger partial charge in [0, 0.05) is 5.56 Å². The van der Waals surface area contributed by atoms with Crippen LogP contribution in [-0.2, 0) is 0 Å². The highest BCUT2D eigenvalue weighted by molar-refractivity contribution is 5.64. The fourth-order valence-corrected chi connectivity index (χ4v) is 1.46. The smallest absolute Gasteiger partial charge is 0.237 e. The van der Waals surface area contributed by atoms with E-state index in [1.54, 1.807) is 0 Å². The lowest BCUT2D eigenvalue weighted by Gasteiger charge is -2.07.